The number of benzene rings is 1. The molecule has 1 N–H and O–H groups in total. The molecular weight excluding hydrogens is 392 g/mol. The number of hydrogen-bond acceptors (Lipinski definition) is 3. The monoisotopic (exact) mass is 412 g/mol. The van der Waals surface area contributed by atoms with Gasteiger partial charge >= 0.3 is 0 Å². The number of rotatable bonds is 0. The van der Waals surface area contributed by atoms with Crippen LogP contribution in [0.15, 0.2) is 106 Å². The summed E-state index contributed by atoms with van der Waals surface area (Å²) in [5.74, 6) is 0.565. The Bertz CT molecular complexity index is 1530. The second-order valence-corrected chi connectivity index (χ2v) is 8.61. The smallest absolute Gasteiger partial charge is 0.0779 e. The van der Waals surface area contributed by atoms with E-state index < -0.39 is 0 Å². The fourth-order valence-electron chi connectivity index (χ4n) is 5.06. The van der Waals surface area contributed by atoms with Gasteiger partial charge in [0.05, 0.1) is 28.9 Å². The lowest BCUT2D eigenvalue weighted by atomic mass is 9.83. The fourth-order valence-corrected chi connectivity index (χ4v) is 5.06. The van der Waals surface area contributed by atoms with Crippen molar-refractivity contribution < 1.29 is 0 Å². The molecule has 0 saturated carbocycles. The highest BCUT2D eigenvalue weighted by atomic mass is 14.9. The third kappa shape index (κ3) is 2.80. The summed E-state index contributed by atoms with van der Waals surface area (Å²) in [7, 11) is 0. The van der Waals surface area contributed by atoms with E-state index in [1.807, 2.05) is 0 Å². The van der Waals surface area contributed by atoms with Crippen LogP contribution in [0.3, 0.4) is 0 Å². The Labute approximate surface area is 185 Å². The average molecular weight is 412 g/mol. The van der Waals surface area contributed by atoms with Gasteiger partial charge in [-0.3, -0.25) is 4.99 Å². The van der Waals surface area contributed by atoms with Gasteiger partial charge in [-0.05, 0) is 48.6 Å². The van der Waals surface area contributed by atoms with Gasteiger partial charge in [-0.25, -0.2) is 9.98 Å². The number of hydrogen-bond donors (Lipinski definition) is 1. The van der Waals surface area contributed by atoms with E-state index >= 15 is 0 Å². The molecule has 0 saturated heterocycles. The van der Waals surface area contributed by atoms with Gasteiger partial charge in [0.25, 0.3) is 0 Å². The first kappa shape index (κ1) is 17.6. The number of aliphatic imine (C=N–C) groups is 3. The van der Waals surface area contributed by atoms with Crippen LogP contribution in [0.5, 0.6) is 0 Å². The molecule has 3 unspecified atom stereocenters. The zero-order chi connectivity index (χ0) is 21.1. The molecule has 5 aliphatic rings. The normalized spacial score (nSPS) is 26.2. The maximum Gasteiger partial charge on any atom is 0.0779 e. The Morgan fingerprint density at radius 2 is 1.62 bits per heavy atom. The largest absolute Gasteiger partial charge is 0.355 e. The molecular formula is C28H20N4. The zero-order valence-corrected chi connectivity index (χ0v) is 17.3. The van der Waals surface area contributed by atoms with Crippen molar-refractivity contribution in [3.63, 3.8) is 0 Å². The van der Waals surface area contributed by atoms with Gasteiger partial charge in [0, 0.05) is 39.4 Å². The van der Waals surface area contributed by atoms with E-state index in [4.69, 9.17) is 15.0 Å². The van der Waals surface area contributed by atoms with Crippen LogP contribution in [0, 0.1) is 11.8 Å². The Morgan fingerprint density at radius 3 is 2.56 bits per heavy atom. The van der Waals surface area contributed by atoms with Crippen molar-refractivity contribution in [2.45, 2.75) is 6.04 Å². The van der Waals surface area contributed by atoms with E-state index in [0.29, 0.717) is 5.92 Å². The summed E-state index contributed by atoms with van der Waals surface area (Å²) in [4.78, 5) is 18.5. The van der Waals surface area contributed by atoms with Crippen LogP contribution in [0.4, 0.5) is 0 Å². The first-order chi connectivity index (χ1) is 15.8. The van der Waals surface area contributed by atoms with E-state index in [-0.39, 0.29) is 12.0 Å². The number of aromatic amines is 1. The van der Waals surface area contributed by atoms with Crippen molar-refractivity contribution in [3.8, 4) is 0 Å². The maximum absolute atomic E-state index is 5.14. The summed E-state index contributed by atoms with van der Waals surface area (Å²) in [6, 6.07) is 12.7. The summed E-state index contributed by atoms with van der Waals surface area (Å²) in [6.07, 6.45) is 21.5. The predicted octanol–water partition coefficient (Wildman–Crippen LogP) is 3.51. The summed E-state index contributed by atoms with van der Waals surface area (Å²) in [5, 5.41) is 2.05. The van der Waals surface area contributed by atoms with E-state index in [1.54, 1.807) is 0 Å². The summed E-state index contributed by atoms with van der Waals surface area (Å²) in [5.41, 5.74) is 7.26. The molecule has 152 valence electrons. The quantitative estimate of drug-likeness (QED) is 0.689. The molecule has 4 heteroatoms. The number of nitrogens with one attached hydrogen (secondary N) is 1. The SMILES string of the molecule is C1=CC2C3=NC(C=C4C=CC(=N4)C=c4ccc([nH]4)=CC4=NC(=C3)c3ccccc34)C2C=C1. The minimum absolute atomic E-state index is 0.0625. The number of aromatic nitrogens is 1. The molecule has 32 heavy (non-hydrogen) atoms. The molecule has 8 bridgehead atoms. The molecule has 1 aromatic carbocycles. The van der Waals surface area contributed by atoms with E-state index in [0.717, 1.165) is 50.4 Å². The molecule has 4 nitrogen and oxygen atoms in total. The standard InChI is InChI=1S/C28H20N4/c1-3-7-23-21(5-1)25-14-19-11-9-17(29-19)13-18-10-12-20(30-18)15-26-22-6-2-4-8-24(22)28(32-26)16-27(23)31-25/h1-16,21,23,25,30H. The highest BCUT2D eigenvalue weighted by Crippen LogP contribution is 2.37. The molecule has 0 amide bonds. The number of H-pyrrole nitrogens is 1. The van der Waals surface area contributed by atoms with Crippen LogP contribution in [0.2, 0.25) is 0 Å². The van der Waals surface area contributed by atoms with Crippen LogP contribution in [0.25, 0.3) is 17.8 Å². The van der Waals surface area contributed by atoms with Crippen molar-refractivity contribution in [3.05, 3.63) is 113 Å². The Morgan fingerprint density at radius 1 is 0.781 bits per heavy atom. The molecule has 5 heterocycles. The highest BCUT2D eigenvalue weighted by molar-refractivity contribution is 6.27. The Kier molecular flexibility index (Phi) is 3.70. The van der Waals surface area contributed by atoms with Crippen molar-refractivity contribution in [1.29, 1.82) is 0 Å². The molecule has 1 aliphatic carbocycles. The zero-order valence-electron chi connectivity index (χ0n) is 17.3. The van der Waals surface area contributed by atoms with E-state index in [2.05, 4.69) is 102 Å². The van der Waals surface area contributed by atoms with Crippen molar-refractivity contribution in [2.24, 2.45) is 26.8 Å². The van der Waals surface area contributed by atoms with Crippen LogP contribution >= 0.6 is 0 Å². The minimum Gasteiger partial charge on any atom is -0.355 e. The van der Waals surface area contributed by atoms with Gasteiger partial charge < -0.3 is 4.98 Å². The average Bonchev–Trinajstić information content (AvgIpc) is 3.58. The second-order valence-electron chi connectivity index (χ2n) is 8.61. The summed E-state index contributed by atoms with van der Waals surface area (Å²) < 4.78 is 0. The third-order valence-corrected chi connectivity index (χ3v) is 6.57. The minimum atomic E-state index is 0.0625. The van der Waals surface area contributed by atoms with Crippen LogP contribution in [-0.4, -0.2) is 28.2 Å². The first-order valence-electron chi connectivity index (χ1n) is 11.0. The molecule has 1 aromatic heterocycles. The van der Waals surface area contributed by atoms with E-state index in [9.17, 15) is 0 Å². The first-order valence-corrected chi connectivity index (χ1v) is 11.0. The van der Waals surface area contributed by atoms with Crippen molar-refractivity contribution >= 4 is 35.0 Å². The maximum atomic E-state index is 5.14. The lowest BCUT2D eigenvalue weighted by Crippen LogP contribution is -2.20. The Balaban J connectivity index is 1.48. The number of fused-ring (bicyclic) bond motifs is 11. The van der Waals surface area contributed by atoms with Crippen molar-refractivity contribution in [2.75, 3.05) is 0 Å². The van der Waals surface area contributed by atoms with Gasteiger partial charge in [0.2, 0.25) is 0 Å². The third-order valence-electron chi connectivity index (χ3n) is 6.57. The number of nitrogens with zero attached hydrogens (tertiary/aromatic N) is 3. The number of allylic oxidation sites excluding steroid dienone is 6. The van der Waals surface area contributed by atoms with Gasteiger partial charge in [0.1, 0.15) is 0 Å². The molecule has 0 fully saturated rings. The van der Waals surface area contributed by atoms with Gasteiger partial charge in [-0.1, -0.05) is 48.6 Å². The molecule has 0 radical (unpaired) electrons. The second kappa shape index (κ2) is 6.72. The van der Waals surface area contributed by atoms with Crippen LogP contribution in [0.1, 0.15) is 11.1 Å². The lowest BCUT2D eigenvalue weighted by Gasteiger charge is -2.19. The predicted molar refractivity (Wildman–Crippen MR) is 131 cm³/mol. The Hall–Kier alpha value is -4.05. The summed E-state index contributed by atoms with van der Waals surface area (Å²) in [6.45, 7) is 0. The molecule has 3 atom stereocenters. The van der Waals surface area contributed by atoms with Crippen LogP contribution < -0.4 is 10.7 Å². The van der Waals surface area contributed by atoms with Gasteiger partial charge in [0.15, 0.2) is 0 Å². The van der Waals surface area contributed by atoms with Crippen molar-refractivity contribution in [1.82, 2.24) is 4.98 Å². The highest BCUT2D eigenvalue weighted by Gasteiger charge is 2.35. The van der Waals surface area contributed by atoms with Crippen LogP contribution in [-0.2, 0) is 0 Å². The molecule has 7 rings (SSSR count). The summed E-state index contributed by atoms with van der Waals surface area (Å²) >= 11 is 0. The fraction of sp³-hybridized carbons (Fsp3) is 0.107. The molecule has 4 aliphatic heterocycles. The van der Waals surface area contributed by atoms with E-state index in [1.165, 1.54) is 0 Å². The van der Waals surface area contributed by atoms with Gasteiger partial charge in [-0.2, -0.15) is 0 Å². The molecule has 2 aromatic rings. The topological polar surface area (TPSA) is 52.9 Å². The van der Waals surface area contributed by atoms with Gasteiger partial charge in [-0.15, -0.1) is 0 Å². The lowest BCUT2D eigenvalue weighted by molar-refractivity contribution is 0.562. The molecule has 0 spiro atoms.